The van der Waals surface area contributed by atoms with E-state index in [2.05, 4.69) is 6.58 Å². The molecule has 0 bridgehead atoms. The van der Waals surface area contributed by atoms with Gasteiger partial charge in [0.05, 0.1) is 6.61 Å². The first-order chi connectivity index (χ1) is 7.11. The van der Waals surface area contributed by atoms with Crippen LogP contribution in [0.2, 0.25) is 0 Å². The maximum Gasteiger partial charge on any atom is 0.132 e. The molecule has 1 rings (SSSR count). The van der Waals surface area contributed by atoms with Crippen LogP contribution in [-0.2, 0) is 4.74 Å². The van der Waals surface area contributed by atoms with Crippen molar-refractivity contribution < 1.29 is 25.2 Å². The second-order valence-corrected chi connectivity index (χ2v) is 4.45. The zero-order chi connectivity index (χ0) is 11.4. The predicted octanol–water partition coefficient (Wildman–Crippen LogP) is -1.29. The van der Waals surface area contributed by atoms with E-state index in [1.165, 1.54) is 11.8 Å². The van der Waals surface area contributed by atoms with Gasteiger partial charge in [-0.05, 0) is 0 Å². The standard InChI is InChI=1S/C9H16O5S/c1-2-3-15-9-8(13)7(12)6(11)5(4-10)14-9/h2,5-13H,1,3-4H2. The highest BCUT2D eigenvalue weighted by atomic mass is 32.2. The Balaban J connectivity index is 2.60. The fourth-order valence-corrected chi connectivity index (χ4v) is 2.27. The van der Waals surface area contributed by atoms with Crippen molar-refractivity contribution in [1.29, 1.82) is 0 Å². The van der Waals surface area contributed by atoms with Crippen LogP contribution in [0.3, 0.4) is 0 Å². The van der Waals surface area contributed by atoms with Crippen LogP contribution in [0.25, 0.3) is 0 Å². The molecule has 5 unspecified atom stereocenters. The third-order valence-corrected chi connectivity index (χ3v) is 3.37. The van der Waals surface area contributed by atoms with Crippen LogP contribution in [0.15, 0.2) is 12.7 Å². The molecule has 1 aliphatic rings. The molecule has 1 saturated heterocycles. The summed E-state index contributed by atoms with van der Waals surface area (Å²) < 4.78 is 5.24. The van der Waals surface area contributed by atoms with Gasteiger partial charge in [-0.2, -0.15) is 0 Å². The van der Waals surface area contributed by atoms with Gasteiger partial charge in [0.25, 0.3) is 0 Å². The summed E-state index contributed by atoms with van der Waals surface area (Å²) in [5.41, 5.74) is -0.654. The van der Waals surface area contributed by atoms with Crippen molar-refractivity contribution in [2.24, 2.45) is 0 Å². The van der Waals surface area contributed by atoms with Crippen LogP contribution < -0.4 is 0 Å². The molecule has 5 nitrogen and oxygen atoms in total. The van der Waals surface area contributed by atoms with E-state index in [0.29, 0.717) is 5.75 Å². The Morgan fingerprint density at radius 3 is 2.40 bits per heavy atom. The molecule has 0 saturated carbocycles. The lowest BCUT2D eigenvalue weighted by Crippen LogP contribution is -2.57. The first-order valence-corrected chi connectivity index (χ1v) is 5.69. The molecule has 6 heteroatoms. The highest BCUT2D eigenvalue weighted by Gasteiger charge is 2.43. The molecular weight excluding hydrogens is 220 g/mol. The molecule has 88 valence electrons. The second-order valence-electron chi connectivity index (χ2n) is 3.32. The molecule has 0 amide bonds. The molecule has 15 heavy (non-hydrogen) atoms. The molecule has 0 aliphatic carbocycles. The summed E-state index contributed by atoms with van der Waals surface area (Å²) in [6, 6.07) is 0. The number of aliphatic hydroxyl groups is 4. The summed E-state index contributed by atoms with van der Waals surface area (Å²) in [7, 11) is 0. The van der Waals surface area contributed by atoms with Gasteiger partial charge in [-0.15, -0.1) is 18.3 Å². The zero-order valence-electron chi connectivity index (χ0n) is 8.19. The second kappa shape index (κ2) is 5.83. The van der Waals surface area contributed by atoms with Crippen LogP contribution >= 0.6 is 11.8 Å². The molecule has 0 aromatic heterocycles. The van der Waals surface area contributed by atoms with E-state index >= 15 is 0 Å². The van der Waals surface area contributed by atoms with Gasteiger partial charge in [-0.1, -0.05) is 6.08 Å². The minimum Gasteiger partial charge on any atom is -0.394 e. The maximum absolute atomic E-state index is 9.58. The van der Waals surface area contributed by atoms with Gasteiger partial charge in [0.2, 0.25) is 0 Å². The number of hydrogen-bond acceptors (Lipinski definition) is 6. The zero-order valence-corrected chi connectivity index (χ0v) is 9.01. The normalized spacial score (nSPS) is 41.5. The van der Waals surface area contributed by atoms with E-state index in [9.17, 15) is 15.3 Å². The van der Waals surface area contributed by atoms with E-state index in [4.69, 9.17) is 9.84 Å². The Bertz CT molecular complexity index is 211. The number of hydrogen-bond donors (Lipinski definition) is 4. The van der Waals surface area contributed by atoms with E-state index in [1.54, 1.807) is 6.08 Å². The average molecular weight is 236 g/mol. The lowest BCUT2D eigenvalue weighted by molar-refractivity contribution is -0.205. The van der Waals surface area contributed by atoms with Gasteiger partial charge < -0.3 is 25.2 Å². The van der Waals surface area contributed by atoms with E-state index in [0.717, 1.165) is 0 Å². The first-order valence-electron chi connectivity index (χ1n) is 4.64. The monoisotopic (exact) mass is 236 g/mol. The van der Waals surface area contributed by atoms with E-state index in [-0.39, 0.29) is 0 Å². The third-order valence-electron chi connectivity index (χ3n) is 2.23. The molecule has 1 aliphatic heterocycles. The molecule has 0 radical (unpaired) electrons. The van der Waals surface area contributed by atoms with E-state index in [1.807, 2.05) is 0 Å². The molecule has 0 spiro atoms. The first kappa shape index (κ1) is 13.0. The molecular formula is C9H16O5S. The number of rotatable bonds is 4. The fraction of sp³-hybridized carbons (Fsp3) is 0.778. The highest BCUT2D eigenvalue weighted by Crippen LogP contribution is 2.28. The molecule has 0 aromatic carbocycles. The quantitative estimate of drug-likeness (QED) is 0.454. The maximum atomic E-state index is 9.58. The summed E-state index contributed by atoms with van der Waals surface area (Å²) in [6.45, 7) is 3.13. The number of ether oxygens (including phenoxy) is 1. The van der Waals surface area contributed by atoms with Gasteiger partial charge >= 0.3 is 0 Å². The van der Waals surface area contributed by atoms with Crippen LogP contribution in [0.1, 0.15) is 0 Å². The third kappa shape index (κ3) is 2.93. The van der Waals surface area contributed by atoms with Crippen LogP contribution in [0, 0.1) is 0 Å². The number of thioether (sulfide) groups is 1. The molecule has 5 atom stereocenters. The average Bonchev–Trinajstić information content (AvgIpc) is 2.25. The van der Waals surface area contributed by atoms with Crippen molar-refractivity contribution in [2.45, 2.75) is 29.9 Å². The molecule has 0 aromatic rings. The van der Waals surface area contributed by atoms with E-state index < -0.39 is 36.5 Å². The smallest absolute Gasteiger partial charge is 0.132 e. The summed E-state index contributed by atoms with van der Waals surface area (Å²) in [6.07, 6.45) is -2.92. The van der Waals surface area contributed by atoms with Gasteiger partial charge in [0.15, 0.2) is 0 Å². The van der Waals surface area contributed by atoms with Crippen LogP contribution in [0.5, 0.6) is 0 Å². The minimum absolute atomic E-state index is 0.393. The minimum atomic E-state index is -1.29. The Kier molecular flexibility index (Phi) is 5.04. The van der Waals surface area contributed by atoms with Gasteiger partial charge in [-0.25, -0.2) is 0 Å². The summed E-state index contributed by atoms with van der Waals surface area (Å²) >= 11 is 1.26. The Labute approximate surface area is 92.4 Å². The van der Waals surface area contributed by atoms with Crippen molar-refractivity contribution in [3.63, 3.8) is 0 Å². The fourth-order valence-electron chi connectivity index (χ4n) is 1.37. The van der Waals surface area contributed by atoms with Crippen LogP contribution in [0.4, 0.5) is 0 Å². The largest absolute Gasteiger partial charge is 0.394 e. The van der Waals surface area contributed by atoms with Crippen molar-refractivity contribution in [2.75, 3.05) is 12.4 Å². The highest BCUT2D eigenvalue weighted by molar-refractivity contribution is 7.99. The Hall–Kier alpha value is -0.110. The topological polar surface area (TPSA) is 90.2 Å². The Morgan fingerprint density at radius 1 is 1.20 bits per heavy atom. The lowest BCUT2D eigenvalue weighted by Gasteiger charge is -2.39. The summed E-state index contributed by atoms with van der Waals surface area (Å²) in [5, 5.41) is 37.4. The van der Waals surface area contributed by atoms with Crippen molar-refractivity contribution >= 4 is 11.8 Å². The van der Waals surface area contributed by atoms with Crippen molar-refractivity contribution in [1.82, 2.24) is 0 Å². The lowest BCUT2D eigenvalue weighted by atomic mass is 10.0. The van der Waals surface area contributed by atoms with Gasteiger partial charge in [0, 0.05) is 5.75 Å². The molecule has 4 N–H and O–H groups in total. The SMILES string of the molecule is C=CCSC1OC(CO)C(O)C(O)C1O. The summed E-state index contributed by atoms with van der Waals surface area (Å²) in [4.78, 5) is 0. The van der Waals surface area contributed by atoms with Gasteiger partial charge in [-0.3, -0.25) is 0 Å². The summed E-state index contributed by atoms with van der Waals surface area (Å²) in [5.74, 6) is 0.558. The van der Waals surface area contributed by atoms with Crippen LogP contribution in [-0.4, -0.2) is 62.6 Å². The molecule has 1 fully saturated rings. The van der Waals surface area contributed by atoms with Crippen molar-refractivity contribution in [3.8, 4) is 0 Å². The van der Waals surface area contributed by atoms with Crippen molar-refractivity contribution in [3.05, 3.63) is 12.7 Å². The molecule has 1 heterocycles. The van der Waals surface area contributed by atoms with Gasteiger partial charge in [0.1, 0.15) is 29.9 Å². The number of aliphatic hydroxyl groups excluding tert-OH is 4. The Morgan fingerprint density at radius 2 is 1.87 bits per heavy atom. The predicted molar refractivity (Wildman–Crippen MR) is 56.4 cm³/mol.